The van der Waals surface area contributed by atoms with Gasteiger partial charge < -0.3 is 25.7 Å². The standard InChI is InChI=1S/C30H32F3N5O4/c1-19(39)24(35)15-22-18-38(30(41)42-22)25-16-23(31)29(28(33)27(25)32)37-13-11-36(12-14-37)26(40)6-4-2-3-5-20-7-9-21(17-34)10-8-20/h7-10,16,22,35H,2,4,6,11-15,17-18,34H2,1H3/t22-/m0/s1. The number of nitrogens with two attached hydrogens (primary N) is 1. The second kappa shape index (κ2) is 13.5. The van der Waals surface area contributed by atoms with Gasteiger partial charge in [0.25, 0.3) is 0 Å². The summed E-state index contributed by atoms with van der Waals surface area (Å²) in [7, 11) is 0. The Morgan fingerprint density at radius 3 is 2.43 bits per heavy atom. The Morgan fingerprint density at radius 2 is 1.79 bits per heavy atom. The fourth-order valence-corrected chi connectivity index (χ4v) is 4.81. The van der Waals surface area contributed by atoms with Gasteiger partial charge in [0, 0.05) is 70.5 Å². The van der Waals surface area contributed by atoms with Crippen LogP contribution in [0.15, 0.2) is 30.3 Å². The molecular weight excluding hydrogens is 551 g/mol. The number of benzene rings is 2. The number of hydrogen-bond donors (Lipinski definition) is 2. The first kappa shape index (κ1) is 30.6. The van der Waals surface area contributed by atoms with Crippen LogP contribution in [0.25, 0.3) is 0 Å². The Hall–Kier alpha value is -4.37. The summed E-state index contributed by atoms with van der Waals surface area (Å²) in [5.41, 5.74) is 6.01. The van der Waals surface area contributed by atoms with E-state index in [4.69, 9.17) is 15.9 Å². The molecular formula is C30H32F3N5O4. The van der Waals surface area contributed by atoms with Crippen molar-refractivity contribution >= 4 is 34.9 Å². The number of carbonyl (C=O) groups is 3. The number of nitrogens with zero attached hydrogens (tertiary/aromatic N) is 3. The van der Waals surface area contributed by atoms with Crippen LogP contribution in [0.4, 0.5) is 29.3 Å². The van der Waals surface area contributed by atoms with Gasteiger partial charge in [-0.05, 0) is 24.1 Å². The third kappa shape index (κ3) is 7.09. The summed E-state index contributed by atoms with van der Waals surface area (Å²) in [6.07, 6.45) is -0.754. The number of piperazine rings is 1. The predicted octanol–water partition coefficient (Wildman–Crippen LogP) is 3.76. The van der Waals surface area contributed by atoms with E-state index < -0.39 is 46.8 Å². The molecule has 0 bridgehead atoms. The van der Waals surface area contributed by atoms with Gasteiger partial charge >= 0.3 is 6.09 Å². The van der Waals surface area contributed by atoms with Gasteiger partial charge in [-0.2, -0.15) is 0 Å². The molecule has 4 rings (SSSR count). The van der Waals surface area contributed by atoms with Crippen LogP contribution in [-0.4, -0.2) is 67.2 Å². The van der Waals surface area contributed by atoms with Crippen molar-refractivity contribution in [3.8, 4) is 11.8 Å². The number of anilines is 2. The lowest BCUT2D eigenvalue weighted by molar-refractivity contribution is -0.131. The second-order valence-electron chi connectivity index (χ2n) is 10.1. The number of amides is 2. The lowest BCUT2D eigenvalue weighted by Crippen LogP contribution is -2.49. The molecule has 2 aromatic carbocycles. The van der Waals surface area contributed by atoms with E-state index in [1.807, 2.05) is 24.3 Å². The molecule has 2 amide bonds. The van der Waals surface area contributed by atoms with Gasteiger partial charge in [-0.1, -0.05) is 24.0 Å². The summed E-state index contributed by atoms with van der Waals surface area (Å²) < 4.78 is 50.4. The van der Waals surface area contributed by atoms with Crippen LogP contribution in [0.5, 0.6) is 0 Å². The number of cyclic esters (lactones) is 1. The highest BCUT2D eigenvalue weighted by Crippen LogP contribution is 2.35. The minimum absolute atomic E-state index is 0.0915. The van der Waals surface area contributed by atoms with Crippen LogP contribution >= 0.6 is 0 Å². The van der Waals surface area contributed by atoms with Crippen molar-refractivity contribution in [2.75, 3.05) is 42.5 Å². The van der Waals surface area contributed by atoms with Gasteiger partial charge in [0.1, 0.15) is 11.8 Å². The molecule has 2 aromatic rings. The van der Waals surface area contributed by atoms with Crippen molar-refractivity contribution in [1.82, 2.24) is 4.90 Å². The van der Waals surface area contributed by atoms with E-state index in [1.54, 1.807) is 4.90 Å². The number of halogens is 3. The van der Waals surface area contributed by atoms with E-state index in [0.29, 0.717) is 19.4 Å². The number of ether oxygens (including phenoxy) is 1. The molecule has 222 valence electrons. The molecule has 2 fully saturated rings. The van der Waals surface area contributed by atoms with E-state index in [1.165, 1.54) is 11.8 Å². The number of hydrogen-bond acceptors (Lipinski definition) is 7. The van der Waals surface area contributed by atoms with E-state index in [9.17, 15) is 14.4 Å². The molecule has 2 heterocycles. The summed E-state index contributed by atoms with van der Waals surface area (Å²) >= 11 is 0. The average Bonchev–Trinajstić information content (AvgIpc) is 3.34. The van der Waals surface area contributed by atoms with Crippen molar-refractivity contribution in [1.29, 1.82) is 5.41 Å². The van der Waals surface area contributed by atoms with Crippen LogP contribution < -0.4 is 15.5 Å². The van der Waals surface area contributed by atoms with Crippen molar-refractivity contribution < 1.29 is 32.3 Å². The molecule has 0 unspecified atom stereocenters. The Kier molecular flexibility index (Phi) is 9.85. The number of ketones is 1. The number of rotatable bonds is 9. The zero-order valence-corrected chi connectivity index (χ0v) is 23.2. The summed E-state index contributed by atoms with van der Waals surface area (Å²) in [5, 5.41) is 7.64. The van der Waals surface area contributed by atoms with Gasteiger partial charge in [0.15, 0.2) is 23.2 Å². The van der Waals surface area contributed by atoms with Gasteiger partial charge in [-0.25, -0.2) is 18.0 Å². The van der Waals surface area contributed by atoms with Gasteiger partial charge in [-0.3, -0.25) is 14.5 Å². The van der Waals surface area contributed by atoms with Crippen molar-refractivity contribution in [3.63, 3.8) is 0 Å². The molecule has 0 spiro atoms. The number of carbonyl (C=O) groups excluding carboxylic acids is 3. The molecule has 12 heteroatoms. The summed E-state index contributed by atoms with van der Waals surface area (Å²) in [6.45, 7) is 2.00. The summed E-state index contributed by atoms with van der Waals surface area (Å²) in [4.78, 5) is 39.9. The Labute approximate surface area is 241 Å². The Balaban J connectivity index is 1.30. The molecule has 0 aromatic heterocycles. The fraction of sp³-hybridized carbons (Fsp3) is 0.400. The zero-order valence-electron chi connectivity index (χ0n) is 23.2. The minimum Gasteiger partial charge on any atom is -0.444 e. The normalized spacial score (nSPS) is 16.6. The van der Waals surface area contributed by atoms with E-state index in [0.717, 1.165) is 22.1 Å². The molecule has 3 N–H and O–H groups in total. The van der Waals surface area contributed by atoms with Crippen LogP contribution in [0.2, 0.25) is 0 Å². The first-order valence-corrected chi connectivity index (χ1v) is 13.6. The monoisotopic (exact) mass is 583 g/mol. The molecule has 2 saturated heterocycles. The highest BCUT2D eigenvalue weighted by molar-refractivity contribution is 6.37. The molecule has 2 aliphatic heterocycles. The minimum atomic E-state index is -1.45. The van der Waals surface area contributed by atoms with Gasteiger partial charge in [-0.15, -0.1) is 0 Å². The van der Waals surface area contributed by atoms with Crippen molar-refractivity contribution in [2.24, 2.45) is 5.73 Å². The maximum atomic E-state index is 15.1. The number of unbranched alkanes of at least 4 members (excludes halogenated alkanes) is 1. The van der Waals surface area contributed by atoms with Crippen molar-refractivity contribution in [3.05, 3.63) is 58.9 Å². The molecule has 0 radical (unpaired) electrons. The highest BCUT2D eigenvalue weighted by Gasteiger charge is 2.37. The first-order valence-electron chi connectivity index (χ1n) is 13.6. The zero-order chi connectivity index (χ0) is 30.4. The Bertz CT molecular complexity index is 1430. The SMILES string of the molecule is CC(=O)C(=N)C[C@H]1CN(c2cc(F)c(N3CCN(C(=O)CCCC#Cc4ccc(CN)cc4)CC3)c(F)c2F)C(=O)O1. The lowest BCUT2D eigenvalue weighted by Gasteiger charge is -2.36. The van der Waals surface area contributed by atoms with Crippen LogP contribution in [0, 0.1) is 34.7 Å². The third-order valence-corrected chi connectivity index (χ3v) is 7.20. The molecule has 1 atom stereocenters. The van der Waals surface area contributed by atoms with E-state index in [2.05, 4.69) is 11.8 Å². The average molecular weight is 584 g/mol. The summed E-state index contributed by atoms with van der Waals surface area (Å²) in [6, 6.07) is 8.36. The van der Waals surface area contributed by atoms with E-state index in [-0.39, 0.29) is 57.2 Å². The number of nitrogens with one attached hydrogen (secondary N) is 1. The van der Waals surface area contributed by atoms with E-state index >= 15 is 13.2 Å². The summed E-state index contributed by atoms with van der Waals surface area (Å²) in [5.74, 6) is 1.58. The lowest BCUT2D eigenvalue weighted by atomic mass is 10.1. The molecule has 42 heavy (non-hydrogen) atoms. The third-order valence-electron chi connectivity index (χ3n) is 7.20. The van der Waals surface area contributed by atoms with Gasteiger partial charge in [0.2, 0.25) is 5.91 Å². The van der Waals surface area contributed by atoms with Crippen molar-refractivity contribution in [2.45, 2.75) is 45.3 Å². The smallest absolute Gasteiger partial charge is 0.414 e. The topological polar surface area (TPSA) is 120 Å². The highest BCUT2D eigenvalue weighted by atomic mass is 19.2. The second-order valence-corrected chi connectivity index (χ2v) is 10.1. The molecule has 0 aliphatic carbocycles. The quantitative estimate of drug-likeness (QED) is 0.201. The fourth-order valence-electron chi connectivity index (χ4n) is 4.81. The van der Waals surface area contributed by atoms with Crippen LogP contribution in [0.3, 0.4) is 0 Å². The maximum Gasteiger partial charge on any atom is 0.414 e. The maximum absolute atomic E-state index is 15.1. The van der Waals surface area contributed by atoms with Crippen LogP contribution in [0.1, 0.15) is 43.7 Å². The predicted molar refractivity (Wildman–Crippen MR) is 151 cm³/mol. The first-order chi connectivity index (χ1) is 20.1. The molecule has 9 nitrogen and oxygen atoms in total. The molecule has 2 aliphatic rings. The van der Waals surface area contributed by atoms with Gasteiger partial charge in [0.05, 0.1) is 17.9 Å². The number of Topliss-reactive ketones (excluding diaryl/α,β-unsaturated/α-hetero) is 1. The van der Waals surface area contributed by atoms with Crippen LogP contribution in [-0.2, 0) is 20.9 Å². The Morgan fingerprint density at radius 1 is 1.10 bits per heavy atom. The largest absolute Gasteiger partial charge is 0.444 e. The molecule has 0 saturated carbocycles.